The first-order chi connectivity index (χ1) is 15.6. The fourth-order valence-corrected chi connectivity index (χ4v) is 3.82. The molecule has 184 valence electrons. The Morgan fingerprint density at radius 3 is 2.15 bits per heavy atom. The highest BCUT2D eigenvalue weighted by Crippen LogP contribution is 2.37. The molecule has 0 amide bonds. The minimum atomic E-state index is -4.36. The standard InChI is InChI=1S/C15H20F3N3.C9H13N.C2H6/c1-9-10(2)20-14(21(4)13(9)19-3)11-7-5-6-8-12(11)15(16,17)18;1-2-5-8-6-3-4-7-9(8)10;1-2/h5-8,13-14,19-20H,1-4H3;3-4,6-7H,2,5,10H2,1H3;1-2H3. The summed E-state index contributed by atoms with van der Waals surface area (Å²) in [7, 11) is 3.61. The summed E-state index contributed by atoms with van der Waals surface area (Å²) >= 11 is 0. The topological polar surface area (TPSA) is 53.3 Å². The largest absolute Gasteiger partial charge is 0.416 e. The van der Waals surface area contributed by atoms with Crippen LogP contribution in [0.25, 0.3) is 0 Å². The second-order valence-electron chi connectivity index (χ2n) is 7.75. The normalized spacial score (nSPS) is 18.5. The smallest absolute Gasteiger partial charge is 0.399 e. The lowest BCUT2D eigenvalue weighted by molar-refractivity contribution is -0.139. The van der Waals surface area contributed by atoms with Crippen LogP contribution in [0, 0.1) is 0 Å². The second-order valence-corrected chi connectivity index (χ2v) is 7.75. The molecule has 2 unspecified atom stereocenters. The van der Waals surface area contributed by atoms with Crippen molar-refractivity contribution in [3.8, 4) is 0 Å². The van der Waals surface area contributed by atoms with Crippen LogP contribution in [0.5, 0.6) is 0 Å². The molecule has 0 aliphatic carbocycles. The third-order valence-corrected chi connectivity index (χ3v) is 5.58. The molecule has 0 spiro atoms. The number of hydrogen-bond donors (Lipinski definition) is 3. The molecule has 0 saturated heterocycles. The van der Waals surface area contributed by atoms with E-state index in [0.29, 0.717) is 0 Å². The highest BCUT2D eigenvalue weighted by Gasteiger charge is 2.38. The van der Waals surface area contributed by atoms with Crippen LogP contribution >= 0.6 is 0 Å². The molecule has 1 aliphatic rings. The van der Waals surface area contributed by atoms with Gasteiger partial charge < -0.3 is 16.4 Å². The van der Waals surface area contributed by atoms with E-state index in [1.807, 2.05) is 57.8 Å². The van der Waals surface area contributed by atoms with E-state index in [2.05, 4.69) is 23.6 Å². The number of halogens is 3. The molecule has 4 N–H and O–H groups in total. The third kappa shape index (κ3) is 7.51. The molecule has 0 fully saturated rings. The van der Waals surface area contributed by atoms with E-state index in [1.165, 1.54) is 17.7 Å². The summed E-state index contributed by atoms with van der Waals surface area (Å²) in [4.78, 5) is 1.87. The summed E-state index contributed by atoms with van der Waals surface area (Å²) in [6, 6.07) is 13.7. The molecular formula is C26H39F3N4. The molecule has 7 heteroatoms. The highest BCUT2D eigenvalue weighted by atomic mass is 19.4. The Kier molecular flexibility index (Phi) is 11.5. The Labute approximate surface area is 197 Å². The van der Waals surface area contributed by atoms with E-state index in [9.17, 15) is 13.2 Å². The Hall–Kier alpha value is -2.51. The van der Waals surface area contributed by atoms with Crippen LogP contribution < -0.4 is 16.4 Å². The Morgan fingerprint density at radius 1 is 1.03 bits per heavy atom. The molecule has 0 aromatic heterocycles. The summed E-state index contributed by atoms with van der Waals surface area (Å²) in [6.45, 7) is 10.0. The zero-order valence-corrected chi connectivity index (χ0v) is 20.8. The summed E-state index contributed by atoms with van der Waals surface area (Å²) in [5.74, 6) is 0. The predicted octanol–water partition coefficient (Wildman–Crippen LogP) is 6.33. The lowest BCUT2D eigenvalue weighted by Crippen LogP contribution is -2.53. The van der Waals surface area contributed by atoms with Crippen LogP contribution in [-0.2, 0) is 12.6 Å². The van der Waals surface area contributed by atoms with Crippen LogP contribution in [0.15, 0.2) is 59.8 Å². The van der Waals surface area contributed by atoms with Crippen molar-refractivity contribution < 1.29 is 13.2 Å². The predicted molar refractivity (Wildman–Crippen MR) is 133 cm³/mol. The highest BCUT2D eigenvalue weighted by molar-refractivity contribution is 5.46. The first-order valence-corrected chi connectivity index (χ1v) is 11.4. The van der Waals surface area contributed by atoms with Crippen molar-refractivity contribution >= 4 is 5.69 Å². The van der Waals surface area contributed by atoms with Crippen LogP contribution in [0.4, 0.5) is 18.9 Å². The van der Waals surface area contributed by atoms with E-state index >= 15 is 0 Å². The Bertz CT molecular complexity index is 893. The maximum Gasteiger partial charge on any atom is 0.416 e. The molecule has 4 nitrogen and oxygen atoms in total. The summed E-state index contributed by atoms with van der Waals surface area (Å²) in [5.41, 5.74) is 9.50. The number of likely N-dealkylation sites (N-methyl/N-ethyl adjacent to an activating group) is 2. The number of allylic oxidation sites excluding steroid dienone is 1. The summed E-state index contributed by atoms with van der Waals surface area (Å²) in [6.07, 6.45) is -2.74. The summed E-state index contributed by atoms with van der Waals surface area (Å²) in [5, 5.41) is 6.31. The minimum absolute atomic E-state index is 0.0995. The van der Waals surface area contributed by atoms with Gasteiger partial charge in [-0.1, -0.05) is 63.6 Å². The van der Waals surface area contributed by atoms with Gasteiger partial charge in [0, 0.05) is 16.9 Å². The fourth-order valence-electron chi connectivity index (χ4n) is 3.82. The van der Waals surface area contributed by atoms with E-state index in [1.54, 1.807) is 13.1 Å². The molecule has 0 radical (unpaired) electrons. The molecule has 0 bridgehead atoms. The number of aryl methyl sites for hydroxylation is 1. The number of benzene rings is 2. The number of nitrogen functional groups attached to an aromatic ring is 1. The second kappa shape index (κ2) is 13.3. The maximum atomic E-state index is 13.2. The number of nitrogens with one attached hydrogen (secondary N) is 2. The van der Waals surface area contributed by atoms with Gasteiger partial charge in [-0.2, -0.15) is 13.2 Å². The van der Waals surface area contributed by atoms with Crippen molar-refractivity contribution in [1.29, 1.82) is 0 Å². The van der Waals surface area contributed by atoms with Crippen molar-refractivity contribution in [3.05, 3.63) is 76.5 Å². The van der Waals surface area contributed by atoms with E-state index in [-0.39, 0.29) is 11.7 Å². The average Bonchev–Trinajstić information content (AvgIpc) is 2.80. The lowest BCUT2D eigenvalue weighted by Gasteiger charge is -2.42. The average molecular weight is 465 g/mol. The maximum absolute atomic E-state index is 13.2. The van der Waals surface area contributed by atoms with Crippen molar-refractivity contribution in [3.63, 3.8) is 0 Å². The zero-order valence-electron chi connectivity index (χ0n) is 20.8. The fraction of sp³-hybridized carbons (Fsp3) is 0.462. The van der Waals surface area contributed by atoms with Gasteiger partial charge in [0.25, 0.3) is 0 Å². The van der Waals surface area contributed by atoms with E-state index < -0.39 is 17.9 Å². The number of anilines is 1. The van der Waals surface area contributed by atoms with Crippen molar-refractivity contribution in [1.82, 2.24) is 15.5 Å². The SMILES string of the molecule is CC.CCCc1ccccc1N.CNC1C(C)=C(C)NC(c2ccccc2C(F)(F)F)N1C. The first-order valence-electron chi connectivity index (χ1n) is 11.4. The van der Waals surface area contributed by atoms with E-state index in [4.69, 9.17) is 5.73 Å². The molecule has 2 atom stereocenters. The monoisotopic (exact) mass is 464 g/mol. The molecule has 2 aromatic rings. The minimum Gasteiger partial charge on any atom is -0.399 e. The quantitative estimate of drug-likeness (QED) is 0.463. The van der Waals surface area contributed by atoms with Gasteiger partial charge in [0.1, 0.15) is 6.17 Å². The molecule has 2 aromatic carbocycles. The van der Waals surface area contributed by atoms with E-state index in [0.717, 1.165) is 35.9 Å². The Morgan fingerprint density at radius 2 is 1.61 bits per heavy atom. The first kappa shape index (κ1) is 28.5. The van der Waals surface area contributed by atoms with Crippen LogP contribution in [0.3, 0.4) is 0 Å². The van der Waals surface area contributed by atoms with Gasteiger partial charge in [-0.05, 0) is 57.6 Å². The number of para-hydroxylation sites is 1. The zero-order chi connectivity index (χ0) is 25.2. The van der Waals surface area contributed by atoms with Crippen molar-refractivity contribution in [2.45, 2.75) is 66.0 Å². The summed E-state index contributed by atoms with van der Waals surface area (Å²) < 4.78 is 39.6. The van der Waals surface area contributed by atoms with Gasteiger partial charge in [-0.25, -0.2) is 0 Å². The van der Waals surface area contributed by atoms with Gasteiger partial charge in [-0.3, -0.25) is 4.90 Å². The number of hydrogen-bond acceptors (Lipinski definition) is 4. The number of nitrogens with two attached hydrogens (primary N) is 1. The van der Waals surface area contributed by atoms with Crippen LogP contribution in [0.1, 0.15) is 63.9 Å². The number of rotatable bonds is 4. The molecule has 3 rings (SSSR count). The molecule has 1 aliphatic heterocycles. The molecular weight excluding hydrogens is 425 g/mol. The van der Waals surface area contributed by atoms with Gasteiger partial charge in [0.15, 0.2) is 0 Å². The van der Waals surface area contributed by atoms with Gasteiger partial charge >= 0.3 is 6.18 Å². The third-order valence-electron chi connectivity index (χ3n) is 5.58. The van der Waals surface area contributed by atoms with Gasteiger partial charge in [0.2, 0.25) is 0 Å². The van der Waals surface area contributed by atoms with Crippen LogP contribution in [0.2, 0.25) is 0 Å². The van der Waals surface area contributed by atoms with Gasteiger partial charge in [-0.15, -0.1) is 0 Å². The lowest BCUT2D eigenvalue weighted by atomic mass is 9.99. The molecule has 33 heavy (non-hydrogen) atoms. The molecule has 0 saturated carbocycles. The number of nitrogens with zero attached hydrogens (tertiary/aromatic N) is 1. The Balaban J connectivity index is 0.000000380. The molecule has 1 heterocycles. The van der Waals surface area contributed by atoms with Crippen LogP contribution in [-0.4, -0.2) is 25.2 Å². The number of alkyl halides is 3. The van der Waals surface area contributed by atoms with Crippen molar-refractivity contribution in [2.24, 2.45) is 0 Å². The van der Waals surface area contributed by atoms with Gasteiger partial charge in [0.05, 0.1) is 11.7 Å². The van der Waals surface area contributed by atoms with Crippen molar-refractivity contribution in [2.75, 3.05) is 19.8 Å².